The van der Waals surface area contributed by atoms with Crippen LogP contribution in [0.5, 0.6) is 17.2 Å². The average Bonchev–Trinajstić information content (AvgIpc) is 2.51. The van der Waals surface area contributed by atoms with E-state index in [0.717, 1.165) is 11.4 Å². The van der Waals surface area contributed by atoms with Gasteiger partial charge < -0.3 is 14.6 Å². The maximum atomic E-state index is 9.65. The monoisotopic (exact) mass is 306 g/mol. The Morgan fingerprint density at radius 2 is 1.86 bits per heavy atom. The van der Waals surface area contributed by atoms with Crippen molar-refractivity contribution in [3.05, 3.63) is 47.0 Å². The smallest absolute Gasteiger partial charge is 0.176 e. The molecule has 21 heavy (non-hydrogen) atoms. The number of phenolic OH excluding ortho intramolecular Hbond substituents is 1. The first-order valence-electron chi connectivity index (χ1n) is 6.13. The van der Waals surface area contributed by atoms with Crippen molar-refractivity contribution in [3.8, 4) is 17.2 Å². The van der Waals surface area contributed by atoms with E-state index in [9.17, 15) is 5.11 Å². The summed E-state index contributed by atoms with van der Waals surface area (Å²) >= 11 is 5.90. The first kappa shape index (κ1) is 15.0. The Kier molecular flexibility index (Phi) is 4.90. The van der Waals surface area contributed by atoms with E-state index in [0.29, 0.717) is 11.3 Å². The second kappa shape index (κ2) is 6.85. The van der Waals surface area contributed by atoms with Crippen LogP contribution in [-0.4, -0.2) is 25.5 Å². The van der Waals surface area contributed by atoms with Crippen LogP contribution in [0.3, 0.4) is 0 Å². The summed E-state index contributed by atoms with van der Waals surface area (Å²) < 4.78 is 10.1. The van der Waals surface area contributed by atoms with Crippen LogP contribution >= 0.6 is 11.6 Å². The molecule has 0 radical (unpaired) electrons. The first-order valence-corrected chi connectivity index (χ1v) is 6.51. The van der Waals surface area contributed by atoms with Crippen LogP contribution in [0.15, 0.2) is 41.5 Å². The Bertz CT molecular complexity index is 642. The van der Waals surface area contributed by atoms with E-state index in [1.54, 1.807) is 25.5 Å². The number of phenols is 1. The van der Waals surface area contributed by atoms with Crippen molar-refractivity contribution in [2.75, 3.05) is 19.6 Å². The molecule has 110 valence electrons. The number of methoxy groups -OCH3 is 2. The molecule has 2 N–H and O–H groups in total. The van der Waals surface area contributed by atoms with E-state index < -0.39 is 0 Å². The predicted octanol–water partition coefficient (Wildman–Crippen LogP) is 3.51. The summed E-state index contributed by atoms with van der Waals surface area (Å²) in [6.45, 7) is 0. The third-order valence-corrected chi connectivity index (χ3v) is 3.06. The van der Waals surface area contributed by atoms with Gasteiger partial charge in [-0.25, -0.2) is 0 Å². The molecule has 0 spiro atoms. The molecule has 0 amide bonds. The minimum absolute atomic E-state index is 0.0839. The fourth-order valence-electron chi connectivity index (χ4n) is 1.67. The summed E-state index contributed by atoms with van der Waals surface area (Å²) in [4.78, 5) is 0. The highest BCUT2D eigenvalue weighted by atomic mass is 35.5. The molecule has 0 fully saturated rings. The summed E-state index contributed by atoms with van der Waals surface area (Å²) in [6, 6.07) is 10.6. The van der Waals surface area contributed by atoms with Crippen molar-refractivity contribution < 1.29 is 14.6 Å². The van der Waals surface area contributed by atoms with Crippen LogP contribution in [0.2, 0.25) is 5.02 Å². The average molecular weight is 307 g/mol. The van der Waals surface area contributed by atoms with Crippen LogP contribution in [0.4, 0.5) is 5.69 Å². The zero-order valence-electron chi connectivity index (χ0n) is 11.6. The molecule has 0 aliphatic rings. The number of rotatable bonds is 5. The normalized spacial score (nSPS) is 10.6. The molecule has 2 aromatic rings. The molecule has 0 bridgehead atoms. The molecule has 0 saturated heterocycles. The summed E-state index contributed by atoms with van der Waals surface area (Å²) in [7, 11) is 3.07. The van der Waals surface area contributed by atoms with Crippen LogP contribution in [0, 0.1) is 0 Å². The highest BCUT2D eigenvalue weighted by Gasteiger charge is 2.07. The largest absolute Gasteiger partial charge is 0.503 e. The number of anilines is 1. The Labute approximate surface area is 127 Å². The Morgan fingerprint density at radius 1 is 1.14 bits per heavy atom. The molecule has 0 aliphatic heterocycles. The van der Waals surface area contributed by atoms with E-state index in [1.165, 1.54) is 7.11 Å². The highest BCUT2D eigenvalue weighted by molar-refractivity contribution is 6.32. The lowest BCUT2D eigenvalue weighted by molar-refractivity contribution is 0.373. The molecule has 0 saturated carbocycles. The molecule has 0 atom stereocenters. The number of nitrogens with zero attached hydrogens (tertiary/aromatic N) is 1. The third-order valence-electron chi connectivity index (χ3n) is 2.77. The lowest BCUT2D eigenvalue weighted by Crippen LogP contribution is -1.92. The predicted molar refractivity (Wildman–Crippen MR) is 83.9 cm³/mol. The SMILES string of the molecule is COc1ccc(N/N=C/c2cc(Cl)c(O)c(OC)c2)cc1. The van der Waals surface area contributed by atoms with Crippen LogP contribution < -0.4 is 14.9 Å². The van der Waals surface area contributed by atoms with Gasteiger partial charge in [-0.15, -0.1) is 0 Å². The summed E-state index contributed by atoms with van der Waals surface area (Å²) in [6.07, 6.45) is 1.58. The van der Waals surface area contributed by atoms with Crippen LogP contribution in [0.1, 0.15) is 5.56 Å². The second-order valence-corrected chi connectivity index (χ2v) is 4.56. The second-order valence-electron chi connectivity index (χ2n) is 4.15. The van der Waals surface area contributed by atoms with Crippen molar-refractivity contribution >= 4 is 23.5 Å². The molecule has 0 heterocycles. The third kappa shape index (κ3) is 3.79. The molecular formula is C15H15ClN2O3. The quantitative estimate of drug-likeness (QED) is 0.655. The number of nitrogens with one attached hydrogen (secondary N) is 1. The lowest BCUT2D eigenvalue weighted by atomic mass is 10.2. The van der Waals surface area contributed by atoms with Gasteiger partial charge in [-0.1, -0.05) is 11.6 Å². The standard InChI is InChI=1S/C15H15ClN2O3/c1-20-12-5-3-11(4-6-12)18-17-9-10-7-13(16)15(19)14(8-10)21-2/h3-9,18-19H,1-2H3/b17-9+. The Hall–Kier alpha value is -2.40. The van der Waals surface area contributed by atoms with Crippen molar-refractivity contribution in [3.63, 3.8) is 0 Å². The van der Waals surface area contributed by atoms with Gasteiger partial charge in [-0.05, 0) is 42.0 Å². The molecule has 2 aromatic carbocycles. The number of benzene rings is 2. The van der Waals surface area contributed by atoms with Gasteiger partial charge in [-0.2, -0.15) is 5.10 Å². The molecule has 5 nitrogen and oxygen atoms in total. The summed E-state index contributed by atoms with van der Waals surface area (Å²) in [5.41, 5.74) is 4.41. The summed E-state index contributed by atoms with van der Waals surface area (Å²) in [5.74, 6) is 0.993. The van der Waals surface area contributed by atoms with E-state index in [4.69, 9.17) is 21.1 Å². The maximum Gasteiger partial charge on any atom is 0.176 e. The number of halogens is 1. The van der Waals surface area contributed by atoms with Crippen molar-refractivity contribution in [1.29, 1.82) is 0 Å². The molecule has 6 heteroatoms. The van der Waals surface area contributed by atoms with E-state index in [1.807, 2.05) is 24.3 Å². The van der Waals surface area contributed by atoms with Gasteiger partial charge in [0.05, 0.1) is 31.1 Å². The molecule has 0 unspecified atom stereocenters. The molecule has 0 aromatic heterocycles. The highest BCUT2D eigenvalue weighted by Crippen LogP contribution is 2.34. The van der Waals surface area contributed by atoms with E-state index >= 15 is 0 Å². The van der Waals surface area contributed by atoms with E-state index in [-0.39, 0.29) is 10.8 Å². The first-order chi connectivity index (χ1) is 10.1. The van der Waals surface area contributed by atoms with Gasteiger partial charge in [0.15, 0.2) is 11.5 Å². The van der Waals surface area contributed by atoms with Gasteiger partial charge in [0, 0.05) is 0 Å². The molecule has 0 aliphatic carbocycles. The van der Waals surface area contributed by atoms with Gasteiger partial charge in [0.25, 0.3) is 0 Å². The van der Waals surface area contributed by atoms with Gasteiger partial charge in [0.1, 0.15) is 5.75 Å². The van der Waals surface area contributed by atoms with Crippen molar-refractivity contribution in [2.45, 2.75) is 0 Å². The zero-order valence-corrected chi connectivity index (χ0v) is 12.4. The van der Waals surface area contributed by atoms with Crippen LogP contribution in [0.25, 0.3) is 0 Å². The number of hydrogen-bond donors (Lipinski definition) is 2. The van der Waals surface area contributed by atoms with Gasteiger partial charge in [-0.3, -0.25) is 5.43 Å². The number of ether oxygens (including phenoxy) is 2. The Balaban J connectivity index is 2.08. The van der Waals surface area contributed by atoms with Crippen LogP contribution in [-0.2, 0) is 0 Å². The fraction of sp³-hybridized carbons (Fsp3) is 0.133. The van der Waals surface area contributed by atoms with Gasteiger partial charge >= 0.3 is 0 Å². The number of hydrazone groups is 1. The van der Waals surface area contributed by atoms with E-state index in [2.05, 4.69) is 10.5 Å². The summed E-state index contributed by atoms with van der Waals surface area (Å²) in [5, 5.41) is 14.0. The fourth-order valence-corrected chi connectivity index (χ4v) is 1.89. The minimum atomic E-state index is -0.0839. The van der Waals surface area contributed by atoms with Crippen molar-refractivity contribution in [2.24, 2.45) is 5.10 Å². The van der Waals surface area contributed by atoms with Crippen molar-refractivity contribution in [1.82, 2.24) is 0 Å². The molecular weight excluding hydrogens is 292 g/mol. The lowest BCUT2D eigenvalue weighted by Gasteiger charge is -2.06. The van der Waals surface area contributed by atoms with Gasteiger partial charge in [0.2, 0.25) is 0 Å². The Morgan fingerprint density at radius 3 is 2.48 bits per heavy atom. The minimum Gasteiger partial charge on any atom is -0.503 e. The number of aromatic hydroxyl groups is 1. The zero-order chi connectivity index (χ0) is 15.2. The molecule has 2 rings (SSSR count). The maximum absolute atomic E-state index is 9.65. The topological polar surface area (TPSA) is 63.1 Å². The number of hydrogen-bond acceptors (Lipinski definition) is 5.